The van der Waals surface area contributed by atoms with E-state index in [1.165, 1.54) is 23.1 Å². The molecule has 2 aromatic rings. The first-order valence-corrected chi connectivity index (χ1v) is 6.93. The minimum Gasteiger partial charge on any atom is -0.325 e. The lowest BCUT2D eigenvalue weighted by Gasteiger charge is -2.03. The summed E-state index contributed by atoms with van der Waals surface area (Å²) in [5.41, 5.74) is 2.37. The van der Waals surface area contributed by atoms with Gasteiger partial charge in [-0.05, 0) is 24.3 Å². The molecule has 0 aliphatic rings. The average molecular weight is 286 g/mol. The van der Waals surface area contributed by atoms with Gasteiger partial charge in [0.05, 0.1) is 5.75 Å². The van der Waals surface area contributed by atoms with Crippen molar-refractivity contribution in [1.82, 2.24) is 10.2 Å². The van der Waals surface area contributed by atoms with Gasteiger partial charge in [0.15, 0.2) is 4.34 Å². The third-order valence-electron chi connectivity index (χ3n) is 1.79. The van der Waals surface area contributed by atoms with E-state index in [9.17, 15) is 4.79 Å². The van der Waals surface area contributed by atoms with Crippen LogP contribution in [0.3, 0.4) is 0 Å². The van der Waals surface area contributed by atoms with Crippen molar-refractivity contribution in [3.05, 3.63) is 34.8 Å². The van der Waals surface area contributed by atoms with Crippen LogP contribution in [-0.2, 0) is 4.79 Å². The number of nitrogens with one attached hydrogen (secondary N) is 1. The molecular formula is C10H8ClN3OS2. The van der Waals surface area contributed by atoms with Crippen LogP contribution in [-0.4, -0.2) is 21.9 Å². The average Bonchev–Trinajstić information content (AvgIpc) is 2.83. The van der Waals surface area contributed by atoms with Gasteiger partial charge in [0.2, 0.25) is 5.91 Å². The summed E-state index contributed by atoms with van der Waals surface area (Å²) in [7, 11) is 0. The second-order valence-corrected chi connectivity index (χ2v) is 5.54. The molecule has 0 aliphatic heterocycles. The number of thioether (sulfide) groups is 1. The third-order valence-corrected chi connectivity index (χ3v) is 3.91. The lowest BCUT2D eigenvalue weighted by Crippen LogP contribution is -2.13. The van der Waals surface area contributed by atoms with E-state index in [1.807, 2.05) is 0 Å². The minimum absolute atomic E-state index is 0.0764. The Bertz CT molecular complexity index is 487. The number of hydrogen-bond donors (Lipinski definition) is 1. The zero-order chi connectivity index (χ0) is 12.1. The lowest BCUT2D eigenvalue weighted by molar-refractivity contribution is -0.113. The van der Waals surface area contributed by atoms with Crippen LogP contribution >= 0.6 is 34.7 Å². The van der Waals surface area contributed by atoms with E-state index < -0.39 is 0 Å². The van der Waals surface area contributed by atoms with E-state index >= 15 is 0 Å². The van der Waals surface area contributed by atoms with E-state index in [1.54, 1.807) is 29.8 Å². The largest absolute Gasteiger partial charge is 0.325 e. The summed E-state index contributed by atoms with van der Waals surface area (Å²) in [6.07, 6.45) is 0. The maximum Gasteiger partial charge on any atom is 0.234 e. The highest BCUT2D eigenvalue weighted by molar-refractivity contribution is 8.01. The Morgan fingerprint density at radius 2 is 2.18 bits per heavy atom. The molecule has 0 bridgehead atoms. The Morgan fingerprint density at radius 1 is 1.41 bits per heavy atom. The molecule has 0 spiro atoms. The Balaban J connectivity index is 1.83. The number of benzene rings is 1. The number of nitrogens with zero attached hydrogens (tertiary/aromatic N) is 2. The first-order valence-electron chi connectivity index (χ1n) is 4.68. The molecule has 0 unspecified atom stereocenters. The Kier molecular flexibility index (Phi) is 4.36. The van der Waals surface area contributed by atoms with E-state index in [4.69, 9.17) is 11.6 Å². The summed E-state index contributed by atoms with van der Waals surface area (Å²) < 4.78 is 0.788. The van der Waals surface area contributed by atoms with Gasteiger partial charge >= 0.3 is 0 Å². The van der Waals surface area contributed by atoms with Gasteiger partial charge in [0, 0.05) is 10.7 Å². The molecule has 2 rings (SSSR count). The summed E-state index contributed by atoms with van der Waals surface area (Å²) in [6.45, 7) is 0. The van der Waals surface area contributed by atoms with Crippen LogP contribution < -0.4 is 5.32 Å². The van der Waals surface area contributed by atoms with Crippen LogP contribution in [0, 0.1) is 0 Å². The van der Waals surface area contributed by atoms with Gasteiger partial charge in [-0.1, -0.05) is 34.7 Å². The number of rotatable bonds is 4. The molecule has 0 fully saturated rings. The summed E-state index contributed by atoms with van der Waals surface area (Å²) in [4.78, 5) is 11.6. The molecule has 0 saturated heterocycles. The lowest BCUT2D eigenvalue weighted by atomic mass is 10.3. The molecule has 1 amide bonds. The Hall–Kier alpha value is -1.11. The molecule has 17 heavy (non-hydrogen) atoms. The Labute approximate surface area is 111 Å². The fourth-order valence-corrected chi connectivity index (χ4v) is 2.50. The van der Waals surface area contributed by atoms with Crippen molar-refractivity contribution in [2.45, 2.75) is 4.34 Å². The van der Waals surface area contributed by atoms with Crippen molar-refractivity contribution in [3.8, 4) is 0 Å². The number of carbonyl (C=O) groups excluding carboxylic acids is 1. The number of halogens is 1. The van der Waals surface area contributed by atoms with Crippen molar-refractivity contribution in [3.63, 3.8) is 0 Å². The summed E-state index contributed by atoms with van der Waals surface area (Å²) in [6, 6.07) is 6.98. The van der Waals surface area contributed by atoms with E-state index in [0.717, 1.165) is 10.0 Å². The maximum atomic E-state index is 11.6. The molecule has 88 valence electrons. The predicted octanol–water partition coefficient (Wildman–Crippen LogP) is 2.92. The van der Waals surface area contributed by atoms with Crippen molar-refractivity contribution < 1.29 is 4.79 Å². The highest BCUT2D eigenvalue weighted by atomic mass is 35.5. The molecule has 1 N–H and O–H groups in total. The standard InChI is InChI=1S/C10H8ClN3OS2/c11-7-1-3-8(4-2-7)13-9(15)5-16-10-14-12-6-17-10/h1-4,6H,5H2,(H,13,15). The zero-order valence-corrected chi connectivity index (χ0v) is 11.0. The number of carbonyl (C=O) groups is 1. The zero-order valence-electron chi connectivity index (χ0n) is 8.59. The SMILES string of the molecule is O=C(CSc1nncs1)Nc1ccc(Cl)cc1. The van der Waals surface area contributed by atoms with Crippen LogP contribution in [0.1, 0.15) is 0 Å². The van der Waals surface area contributed by atoms with Crippen LogP contribution in [0.2, 0.25) is 5.02 Å². The van der Waals surface area contributed by atoms with Gasteiger partial charge in [-0.15, -0.1) is 10.2 Å². The minimum atomic E-state index is -0.0764. The second kappa shape index (κ2) is 6.00. The van der Waals surface area contributed by atoms with Gasteiger partial charge in [0.1, 0.15) is 5.51 Å². The predicted molar refractivity (Wildman–Crippen MR) is 70.7 cm³/mol. The molecule has 1 aromatic heterocycles. The molecule has 7 heteroatoms. The maximum absolute atomic E-state index is 11.6. The number of hydrogen-bond acceptors (Lipinski definition) is 5. The van der Waals surface area contributed by atoms with Crippen molar-refractivity contribution >= 4 is 46.3 Å². The van der Waals surface area contributed by atoms with Crippen LogP contribution in [0.15, 0.2) is 34.1 Å². The first-order chi connectivity index (χ1) is 8.24. The fraction of sp³-hybridized carbons (Fsp3) is 0.100. The smallest absolute Gasteiger partial charge is 0.234 e. The van der Waals surface area contributed by atoms with Crippen molar-refractivity contribution in [1.29, 1.82) is 0 Å². The van der Waals surface area contributed by atoms with Gasteiger partial charge in [-0.2, -0.15) is 0 Å². The molecule has 4 nitrogen and oxygen atoms in total. The molecule has 0 saturated carbocycles. The van der Waals surface area contributed by atoms with Crippen molar-refractivity contribution in [2.24, 2.45) is 0 Å². The highest BCUT2D eigenvalue weighted by Crippen LogP contribution is 2.19. The third kappa shape index (κ3) is 3.99. The first kappa shape index (κ1) is 12.3. The van der Waals surface area contributed by atoms with Crippen LogP contribution in [0.4, 0.5) is 5.69 Å². The van der Waals surface area contributed by atoms with Gasteiger partial charge < -0.3 is 5.32 Å². The Morgan fingerprint density at radius 3 is 2.82 bits per heavy atom. The molecule has 0 radical (unpaired) electrons. The number of aromatic nitrogens is 2. The van der Waals surface area contributed by atoms with Gasteiger partial charge in [0.25, 0.3) is 0 Å². The van der Waals surface area contributed by atoms with E-state index in [0.29, 0.717) is 10.8 Å². The number of amides is 1. The highest BCUT2D eigenvalue weighted by Gasteiger charge is 2.05. The number of anilines is 1. The summed E-state index contributed by atoms with van der Waals surface area (Å²) in [5, 5.41) is 11.0. The molecule has 1 heterocycles. The normalized spacial score (nSPS) is 10.2. The summed E-state index contributed by atoms with van der Waals surface area (Å²) in [5.74, 6) is 0.241. The molecule has 1 aromatic carbocycles. The quantitative estimate of drug-likeness (QED) is 0.878. The fourth-order valence-electron chi connectivity index (χ4n) is 1.08. The monoisotopic (exact) mass is 285 g/mol. The molecular weight excluding hydrogens is 278 g/mol. The van der Waals surface area contributed by atoms with Crippen LogP contribution in [0.25, 0.3) is 0 Å². The second-order valence-electron chi connectivity index (χ2n) is 3.05. The van der Waals surface area contributed by atoms with Gasteiger partial charge in [-0.25, -0.2) is 0 Å². The van der Waals surface area contributed by atoms with Gasteiger partial charge in [-0.3, -0.25) is 4.79 Å². The summed E-state index contributed by atoms with van der Waals surface area (Å²) >= 11 is 8.53. The van der Waals surface area contributed by atoms with Crippen LogP contribution in [0.5, 0.6) is 0 Å². The molecule has 0 atom stereocenters. The van der Waals surface area contributed by atoms with E-state index in [2.05, 4.69) is 15.5 Å². The van der Waals surface area contributed by atoms with E-state index in [-0.39, 0.29) is 5.91 Å². The molecule has 0 aliphatic carbocycles. The van der Waals surface area contributed by atoms with Crippen molar-refractivity contribution in [2.75, 3.05) is 11.1 Å². The topological polar surface area (TPSA) is 54.9 Å².